The van der Waals surface area contributed by atoms with Crippen LogP contribution in [0.15, 0.2) is 41.7 Å². The third kappa shape index (κ3) is 4.41. The number of thiazole rings is 1. The van der Waals surface area contributed by atoms with Crippen molar-refractivity contribution in [2.45, 2.75) is 33.9 Å². The van der Waals surface area contributed by atoms with Crippen LogP contribution < -0.4 is 10.9 Å². The summed E-state index contributed by atoms with van der Waals surface area (Å²) in [6.07, 6.45) is 1.73. The van der Waals surface area contributed by atoms with Gasteiger partial charge in [0.2, 0.25) is 0 Å². The van der Waals surface area contributed by atoms with E-state index >= 15 is 0 Å². The number of carbonyl (C=O) groups is 1. The maximum atomic E-state index is 13.2. The molecule has 170 valence electrons. The van der Waals surface area contributed by atoms with E-state index in [4.69, 9.17) is 12.2 Å². The highest BCUT2D eigenvalue weighted by Crippen LogP contribution is 2.32. The number of carbonyl (C=O) groups excluding carboxylic acids is 1. The first kappa shape index (κ1) is 22.7. The van der Waals surface area contributed by atoms with Crippen molar-refractivity contribution in [3.05, 3.63) is 63.4 Å². The predicted molar refractivity (Wildman–Crippen MR) is 132 cm³/mol. The van der Waals surface area contributed by atoms with Crippen LogP contribution in [0.4, 0.5) is 5.13 Å². The van der Waals surface area contributed by atoms with Crippen molar-refractivity contribution >= 4 is 45.4 Å². The molecule has 0 spiro atoms. The standard InChI is InChI=1S/C22H23N7O2S2/c1-5-10-28-18(25-26-22(28)32)17-13(4)23-21(33-17)24-19(30)16-14-8-6-7-9-15(14)20(31)29(27-16)11-12(2)3/h5-9,12H,1,10-11H2,2-4H3,(H,26,32)(H,23,24,30). The highest BCUT2D eigenvalue weighted by atomic mass is 32.1. The summed E-state index contributed by atoms with van der Waals surface area (Å²) < 4.78 is 3.64. The maximum Gasteiger partial charge on any atom is 0.278 e. The SMILES string of the molecule is C=CCn1c(-c2sc(NC(=O)c3nn(CC(C)C)c(=O)c4ccccc34)nc2C)n[nH]c1=S. The molecule has 0 atom stereocenters. The minimum Gasteiger partial charge on any atom is -0.296 e. The van der Waals surface area contributed by atoms with Gasteiger partial charge in [-0.3, -0.25) is 24.6 Å². The fraction of sp³-hybridized carbons (Fsp3) is 0.273. The average molecular weight is 482 g/mol. The van der Waals surface area contributed by atoms with Gasteiger partial charge in [0.25, 0.3) is 11.5 Å². The number of hydrogen-bond donors (Lipinski definition) is 2. The lowest BCUT2D eigenvalue weighted by Gasteiger charge is -2.12. The highest BCUT2D eigenvalue weighted by Gasteiger charge is 2.21. The molecule has 2 N–H and O–H groups in total. The lowest BCUT2D eigenvalue weighted by molar-refractivity contribution is 0.102. The smallest absolute Gasteiger partial charge is 0.278 e. The van der Waals surface area contributed by atoms with E-state index in [1.165, 1.54) is 16.0 Å². The largest absolute Gasteiger partial charge is 0.296 e. The first-order valence-corrected chi connectivity index (χ1v) is 11.6. The Morgan fingerprint density at radius 1 is 1.33 bits per heavy atom. The van der Waals surface area contributed by atoms with Crippen LogP contribution in [0.1, 0.15) is 30.0 Å². The summed E-state index contributed by atoms with van der Waals surface area (Å²) in [7, 11) is 0. The molecule has 0 bridgehead atoms. The molecule has 3 heterocycles. The fourth-order valence-corrected chi connectivity index (χ4v) is 4.64. The number of benzene rings is 1. The summed E-state index contributed by atoms with van der Waals surface area (Å²) in [5.74, 6) is 0.389. The van der Waals surface area contributed by atoms with Crippen LogP contribution in [-0.2, 0) is 13.1 Å². The van der Waals surface area contributed by atoms with Crippen molar-refractivity contribution in [3.8, 4) is 10.7 Å². The average Bonchev–Trinajstić information content (AvgIpc) is 3.31. The van der Waals surface area contributed by atoms with Gasteiger partial charge in [-0.15, -0.1) is 6.58 Å². The summed E-state index contributed by atoms with van der Waals surface area (Å²) in [4.78, 5) is 31.3. The second-order valence-corrected chi connectivity index (χ2v) is 9.30. The van der Waals surface area contributed by atoms with Gasteiger partial charge in [0, 0.05) is 18.5 Å². The van der Waals surface area contributed by atoms with E-state index in [0.717, 1.165) is 4.88 Å². The molecule has 0 aliphatic carbocycles. The normalized spacial score (nSPS) is 11.3. The van der Waals surface area contributed by atoms with Gasteiger partial charge in [-0.05, 0) is 31.1 Å². The molecule has 0 saturated heterocycles. The quantitative estimate of drug-likeness (QED) is 0.303. The Morgan fingerprint density at radius 2 is 2.06 bits per heavy atom. The van der Waals surface area contributed by atoms with E-state index in [1.807, 2.05) is 25.3 Å². The van der Waals surface area contributed by atoms with Crippen LogP contribution in [0.25, 0.3) is 21.5 Å². The number of nitrogens with one attached hydrogen (secondary N) is 2. The van der Waals surface area contributed by atoms with Crippen LogP contribution in [0.5, 0.6) is 0 Å². The number of aryl methyl sites for hydroxylation is 1. The zero-order valence-corrected chi connectivity index (χ0v) is 20.1. The van der Waals surface area contributed by atoms with Crippen molar-refractivity contribution in [1.29, 1.82) is 0 Å². The first-order chi connectivity index (χ1) is 15.8. The molecule has 1 aromatic carbocycles. The summed E-state index contributed by atoms with van der Waals surface area (Å²) >= 11 is 6.58. The molecule has 0 saturated carbocycles. The van der Waals surface area contributed by atoms with E-state index < -0.39 is 5.91 Å². The van der Waals surface area contributed by atoms with Crippen LogP contribution in [0.3, 0.4) is 0 Å². The van der Waals surface area contributed by atoms with Crippen molar-refractivity contribution in [1.82, 2.24) is 29.5 Å². The van der Waals surface area contributed by atoms with Crippen molar-refractivity contribution in [3.63, 3.8) is 0 Å². The van der Waals surface area contributed by atoms with Crippen LogP contribution in [0.2, 0.25) is 0 Å². The molecule has 0 fully saturated rings. The molecule has 1 amide bonds. The Bertz CT molecular complexity index is 1480. The minimum absolute atomic E-state index is 0.176. The number of rotatable bonds is 7. The first-order valence-electron chi connectivity index (χ1n) is 10.3. The monoisotopic (exact) mass is 481 g/mol. The minimum atomic E-state index is -0.436. The Balaban J connectivity index is 1.72. The third-order valence-electron chi connectivity index (χ3n) is 4.91. The molecular weight excluding hydrogens is 458 g/mol. The van der Waals surface area contributed by atoms with E-state index in [2.05, 4.69) is 32.2 Å². The van der Waals surface area contributed by atoms with Crippen molar-refractivity contribution in [2.75, 3.05) is 5.32 Å². The summed E-state index contributed by atoms with van der Waals surface area (Å²) in [6.45, 7) is 10.5. The van der Waals surface area contributed by atoms with Gasteiger partial charge in [-0.25, -0.2) is 9.67 Å². The van der Waals surface area contributed by atoms with Crippen molar-refractivity contribution < 1.29 is 4.79 Å². The number of nitrogens with zero attached hydrogens (tertiary/aromatic N) is 5. The summed E-state index contributed by atoms with van der Waals surface area (Å²) in [5.41, 5.74) is 0.667. The molecule has 0 aliphatic heterocycles. The number of aromatic nitrogens is 6. The second kappa shape index (κ2) is 9.20. The van der Waals surface area contributed by atoms with Crippen LogP contribution in [0, 0.1) is 17.6 Å². The van der Waals surface area contributed by atoms with E-state index in [0.29, 0.717) is 45.3 Å². The van der Waals surface area contributed by atoms with Crippen LogP contribution >= 0.6 is 23.6 Å². The van der Waals surface area contributed by atoms with Gasteiger partial charge in [0.15, 0.2) is 21.4 Å². The van der Waals surface area contributed by atoms with E-state index in [9.17, 15) is 9.59 Å². The molecule has 0 radical (unpaired) electrons. The third-order valence-corrected chi connectivity index (χ3v) is 6.29. The number of amides is 1. The number of hydrogen-bond acceptors (Lipinski definition) is 7. The van der Waals surface area contributed by atoms with Gasteiger partial charge in [0.05, 0.1) is 16.0 Å². The summed E-state index contributed by atoms with van der Waals surface area (Å²) in [6, 6.07) is 6.99. The fourth-order valence-electron chi connectivity index (χ4n) is 3.48. The van der Waals surface area contributed by atoms with Gasteiger partial charge in [-0.2, -0.15) is 10.2 Å². The molecule has 0 unspecified atom stereocenters. The number of fused-ring (bicyclic) bond motifs is 1. The topological polar surface area (TPSA) is 110 Å². The van der Waals surface area contributed by atoms with Gasteiger partial charge in [-0.1, -0.05) is 49.5 Å². The number of H-pyrrole nitrogens is 1. The number of anilines is 1. The molecule has 3 aromatic heterocycles. The molecular formula is C22H23N7O2S2. The highest BCUT2D eigenvalue weighted by molar-refractivity contribution is 7.71. The number of aromatic amines is 1. The molecule has 4 rings (SSSR count). The summed E-state index contributed by atoms with van der Waals surface area (Å²) in [5, 5.41) is 15.7. The Kier molecular flexibility index (Phi) is 6.34. The van der Waals surface area contributed by atoms with Crippen molar-refractivity contribution in [2.24, 2.45) is 5.92 Å². The Labute approximate surface area is 198 Å². The van der Waals surface area contributed by atoms with Gasteiger partial charge in [0.1, 0.15) is 0 Å². The lowest BCUT2D eigenvalue weighted by Crippen LogP contribution is -2.29. The Hall–Kier alpha value is -3.44. The van der Waals surface area contributed by atoms with E-state index in [1.54, 1.807) is 30.3 Å². The van der Waals surface area contributed by atoms with Gasteiger partial charge >= 0.3 is 0 Å². The second-order valence-electron chi connectivity index (χ2n) is 7.91. The van der Waals surface area contributed by atoms with Gasteiger partial charge < -0.3 is 0 Å². The predicted octanol–water partition coefficient (Wildman–Crippen LogP) is 4.18. The molecule has 4 aromatic rings. The zero-order valence-electron chi connectivity index (χ0n) is 18.5. The van der Waals surface area contributed by atoms with E-state index in [-0.39, 0.29) is 17.2 Å². The molecule has 11 heteroatoms. The zero-order chi connectivity index (χ0) is 23.7. The molecule has 9 nitrogen and oxygen atoms in total. The Morgan fingerprint density at radius 3 is 2.76 bits per heavy atom. The number of allylic oxidation sites excluding steroid dienone is 1. The molecule has 0 aliphatic rings. The lowest BCUT2D eigenvalue weighted by atomic mass is 10.1. The van der Waals surface area contributed by atoms with Crippen LogP contribution in [-0.4, -0.2) is 35.4 Å². The maximum absolute atomic E-state index is 13.2. The molecule has 33 heavy (non-hydrogen) atoms.